The minimum absolute atomic E-state index is 0.104. The molecule has 1 aromatic rings. The van der Waals surface area contributed by atoms with Crippen molar-refractivity contribution in [2.45, 2.75) is 53.1 Å². The van der Waals surface area contributed by atoms with Crippen LogP contribution in [0, 0.1) is 24.7 Å². The second kappa shape index (κ2) is 9.98. The number of carbonyl (C=O) groups is 2. The normalized spacial score (nSPS) is 22.4. The van der Waals surface area contributed by atoms with Crippen molar-refractivity contribution in [3.8, 4) is 5.75 Å². The molecule has 3 unspecified atom stereocenters. The Morgan fingerprint density at radius 1 is 1.19 bits per heavy atom. The van der Waals surface area contributed by atoms with Gasteiger partial charge in [0.05, 0.1) is 0 Å². The van der Waals surface area contributed by atoms with Crippen molar-refractivity contribution in [3.63, 3.8) is 0 Å². The zero-order valence-corrected chi connectivity index (χ0v) is 17.3. The third kappa shape index (κ3) is 6.73. The molecule has 0 N–H and O–H groups in total. The van der Waals surface area contributed by atoms with Crippen LogP contribution in [0.4, 0.5) is 0 Å². The molecule has 0 radical (unpaired) electrons. The first kappa shape index (κ1) is 21.5. The summed E-state index contributed by atoms with van der Waals surface area (Å²) in [5.41, 5.74) is 0.820. The van der Waals surface area contributed by atoms with Gasteiger partial charge in [0.25, 0.3) is 0 Å². The average molecular weight is 397 g/mol. The van der Waals surface area contributed by atoms with Crippen LogP contribution in [-0.4, -0.2) is 31.3 Å². The third-order valence-electron chi connectivity index (χ3n) is 5.08. The number of halogens is 1. The minimum Gasteiger partial charge on any atom is -0.482 e. The lowest BCUT2D eigenvalue weighted by Crippen LogP contribution is -2.37. The summed E-state index contributed by atoms with van der Waals surface area (Å²) in [4.78, 5) is 23.9. The zero-order chi connectivity index (χ0) is 20.0. The molecule has 6 heteroatoms. The first-order chi connectivity index (χ1) is 12.8. The molecule has 0 bridgehead atoms. The fraction of sp³-hybridized carbons (Fsp3) is 0.619. The molecule has 1 aliphatic carbocycles. The summed E-state index contributed by atoms with van der Waals surface area (Å²) in [7, 11) is 0. The van der Waals surface area contributed by atoms with Gasteiger partial charge >= 0.3 is 11.9 Å². The van der Waals surface area contributed by atoms with Crippen LogP contribution in [0.25, 0.3) is 0 Å². The van der Waals surface area contributed by atoms with E-state index in [2.05, 4.69) is 20.8 Å². The van der Waals surface area contributed by atoms with Gasteiger partial charge in [0.2, 0.25) is 0 Å². The molecular formula is C21H29ClO5. The quantitative estimate of drug-likeness (QED) is 0.631. The average Bonchev–Trinajstić information content (AvgIpc) is 2.59. The van der Waals surface area contributed by atoms with E-state index in [9.17, 15) is 9.59 Å². The van der Waals surface area contributed by atoms with Gasteiger partial charge in [-0.15, -0.1) is 0 Å². The first-order valence-corrected chi connectivity index (χ1v) is 9.88. The van der Waals surface area contributed by atoms with Crippen LogP contribution in [-0.2, 0) is 19.1 Å². The number of benzene rings is 1. The van der Waals surface area contributed by atoms with E-state index in [4.69, 9.17) is 25.8 Å². The molecule has 0 heterocycles. The Morgan fingerprint density at radius 2 is 1.93 bits per heavy atom. The van der Waals surface area contributed by atoms with Gasteiger partial charge in [-0.25, -0.2) is 9.59 Å². The summed E-state index contributed by atoms with van der Waals surface area (Å²) < 4.78 is 16.0. The van der Waals surface area contributed by atoms with Crippen LogP contribution in [0.5, 0.6) is 5.75 Å². The maximum atomic E-state index is 12.1. The fourth-order valence-electron chi connectivity index (χ4n) is 3.55. The van der Waals surface area contributed by atoms with Gasteiger partial charge in [-0.05, 0) is 61.3 Å². The molecule has 1 aromatic carbocycles. The second-order valence-electron chi connectivity index (χ2n) is 7.71. The summed E-state index contributed by atoms with van der Waals surface area (Å²) in [5.74, 6) is 0.784. The van der Waals surface area contributed by atoms with Crippen LogP contribution in [0.2, 0.25) is 5.02 Å². The van der Waals surface area contributed by atoms with Gasteiger partial charge in [-0.1, -0.05) is 38.8 Å². The van der Waals surface area contributed by atoms with Crippen molar-refractivity contribution >= 4 is 23.5 Å². The van der Waals surface area contributed by atoms with Gasteiger partial charge in [0.1, 0.15) is 11.9 Å². The first-order valence-electron chi connectivity index (χ1n) is 9.50. The Hall–Kier alpha value is -1.75. The molecule has 0 spiro atoms. The summed E-state index contributed by atoms with van der Waals surface area (Å²) in [6.45, 7) is 7.64. The maximum Gasteiger partial charge on any atom is 0.344 e. The monoisotopic (exact) mass is 396 g/mol. The Balaban J connectivity index is 1.76. The van der Waals surface area contributed by atoms with E-state index in [1.807, 2.05) is 6.92 Å². The molecule has 1 aliphatic rings. The standard InChI is InChI=1S/C21H29ClO5/c1-13(2)17-7-5-14(3)9-19(17)27-21(24)12-26-20(23)11-25-18-8-6-16(22)10-15(18)4/h6,8,10,13-14,17,19H,5,7,9,11-12H2,1-4H3. The van der Waals surface area contributed by atoms with E-state index in [0.717, 1.165) is 24.8 Å². The molecule has 27 heavy (non-hydrogen) atoms. The Kier molecular flexibility index (Phi) is 7.96. The smallest absolute Gasteiger partial charge is 0.344 e. The molecule has 0 saturated heterocycles. The fourth-order valence-corrected chi connectivity index (χ4v) is 3.77. The highest BCUT2D eigenvalue weighted by Gasteiger charge is 2.33. The van der Waals surface area contributed by atoms with E-state index in [1.54, 1.807) is 18.2 Å². The molecule has 1 saturated carbocycles. The lowest BCUT2D eigenvalue weighted by molar-refractivity contribution is -0.167. The summed E-state index contributed by atoms with van der Waals surface area (Å²) in [5, 5.41) is 0.599. The molecule has 0 aliphatic heterocycles. The van der Waals surface area contributed by atoms with Gasteiger partial charge in [-0.2, -0.15) is 0 Å². The predicted molar refractivity (Wildman–Crippen MR) is 104 cm³/mol. The van der Waals surface area contributed by atoms with Gasteiger partial charge in [0, 0.05) is 5.02 Å². The summed E-state index contributed by atoms with van der Waals surface area (Å²) in [6.07, 6.45) is 2.98. The van der Waals surface area contributed by atoms with Crippen molar-refractivity contribution in [2.75, 3.05) is 13.2 Å². The summed E-state index contributed by atoms with van der Waals surface area (Å²) >= 11 is 5.88. The number of aryl methyl sites for hydroxylation is 1. The Labute approximate surface area is 166 Å². The topological polar surface area (TPSA) is 61.8 Å². The van der Waals surface area contributed by atoms with E-state index < -0.39 is 18.5 Å². The van der Waals surface area contributed by atoms with E-state index >= 15 is 0 Å². The molecule has 1 fully saturated rings. The van der Waals surface area contributed by atoms with Crippen LogP contribution < -0.4 is 4.74 Å². The van der Waals surface area contributed by atoms with Crippen LogP contribution in [0.15, 0.2) is 18.2 Å². The van der Waals surface area contributed by atoms with Crippen LogP contribution in [0.1, 0.15) is 45.6 Å². The molecular weight excluding hydrogens is 368 g/mol. The Bertz CT molecular complexity index is 658. The second-order valence-corrected chi connectivity index (χ2v) is 8.15. The lowest BCUT2D eigenvalue weighted by atomic mass is 9.75. The largest absolute Gasteiger partial charge is 0.482 e. The van der Waals surface area contributed by atoms with E-state index in [-0.39, 0.29) is 12.7 Å². The zero-order valence-electron chi connectivity index (χ0n) is 16.5. The molecule has 2 rings (SSSR count). The minimum atomic E-state index is -0.612. The van der Waals surface area contributed by atoms with Gasteiger partial charge in [0.15, 0.2) is 13.2 Å². The molecule has 150 valence electrons. The van der Waals surface area contributed by atoms with Gasteiger partial charge < -0.3 is 14.2 Å². The van der Waals surface area contributed by atoms with Crippen molar-refractivity contribution in [1.29, 1.82) is 0 Å². The molecule has 0 aromatic heterocycles. The highest BCUT2D eigenvalue weighted by atomic mass is 35.5. The van der Waals surface area contributed by atoms with E-state index in [0.29, 0.717) is 28.5 Å². The number of hydrogen-bond donors (Lipinski definition) is 0. The maximum absolute atomic E-state index is 12.1. The predicted octanol–water partition coefficient (Wildman–Crippen LogP) is 4.57. The highest BCUT2D eigenvalue weighted by Crippen LogP contribution is 2.35. The molecule has 3 atom stereocenters. The SMILES string of the molecule is Cc1cc(Cl)ccc1OCC(=O)OCC(=O)OC1CC(C)CCC1C(C)C. The summed E-state index contributed by atoms with van der Waals surface area (Å²) in [6, 6.07) is 5.12. The number of carbonyl (C=O) groups excluding carboxylic acids is 2. The van der Waals surface area contributed by atoms with Crippen LogP contribution >= 0.6 is 11.6 Å². The molecule has 5 nitrogen and oxygen atoms in total. The van der Waals surface area contributed by atoms with Crippen molar-refractivity contribution in [3.05, 3.63) is 28.8 Å². The van der Waals surface area contributed by atoms with Crippen molar-refractivity contribution < 1.29 is 23.8 Å². The number of esters is 2. The lowest BCUT2D eigenvalue weighted by Gasteiger charge is -2.36. The number of ether oxygens (including phenoxy) is 3. The van der Waals surface area contributed by atoms with E-state index in [1.165, 1.54) is 0 Å². The van der Waals surface area contributed by atoms with Crippen molar-refractivity contribution in [2.24, 2.45) is 17.8 Å². The van der Waals surface area contributed by atoms with Gasteiger partial charge in [-0.3, -0.25) is 0 Å². The van der Waals surface area contributed by atoms with Crippen LogP contribution in [0.3, 0.4) is 0 Å². The number of rotatable bonds is 7. The number of hydrogen-bond acceptors (Lipinski definition) is 5. The third-order valence-corrected chi connectivity index (χ3v) is 5.31. The highest BCUT2D eigenvalue weighted by molar-refractivity contribution is 6.30. The molecule has 0 amide bonds. The van der Waals surface area contributed by atoms with Crippen molar-refractivity contribution in [1.82, 2.24) is 0 Å². The Morgan fingerprint density at radius 3 is 2.59 bits per heavy atom.